The van der Waals surface area contributed by atoms with Gasteiger partial charge in [-0.05, 0) is 110 Å². The van der Waals surface area contributed by atoms with Crippen LogP contribution in [0.2, 0.25) is 10.0 Å². The maximum atomic E-state index is 6.03. The highest BCUT2D eigenvalue weighted by molar-refractivity contribution is 9.11. The fraction of sp³-hybridized carbons (Fsp3) is 0.500. The van der Waals surface area contributed by atoms with Gasteiger partial charge in [0.05, 0.1) is 26.9 Å². The van der Waals surface area contributed by atoms with Crippen molar-refractivity contribution in [2.45, 2.75) is 49.7 Å². The maximum Gasteiger partial charge on any atom is 0.211 e. The van der Waals surface area contributed by atoms with E-state index in [1.165, 1.54) is 51.9 Å². The molecule has 10 nitrogen and oxygen atoms in total. The number of hydrogen-bond donors (Lipinski definition) is 2. The van der Waals surface area contributed by atoms with Crippen LogP contribution < -0.4 is 11.2 Å². The van der Waals surface area contributed by atoms with Crippen molar-refractivity contribution in [3.63, 3.8) is 0 Å². The van der Waals surface area contributed by atoms with Gasteiger partial charge < -0.3 is 15.5 Å². The number of piperidine rings is 6. The Morgan fingerprint density at radius 3 is 2.02 bits per heavy atom. The van der Waals surface area contributed by atoms with Crippen molar-refractivity contribution in [2.75, 3.05) is 39.3 Å². The SMILES string of the molecule is Clc1ccc2sc(Br)nc2c1.Clc1ccc2sc(N=C3C[C@@]4(CN5CCC4CC5)ON3)nc2c1.NC1=NOC2(C1)CN1CCC2CC1. The number of aromatic nitrogens is 2. The number of rotatable bonds is 1. The second-order valence-electron chi connectivity index (χ2n) is 13.2. The van der Waals surface area contributed by atoms with E-state index in [1.54, 1.807) is 22.7 Å². The molecule has 8 aliphatic heterocycles. The number of thiazole rings is 2. The van der Waals surface area contributed by atoms with Crippen molar-refractivity contribution in [2.24, 2.45) is 27.7 Å². The number of oxime groups is 1. The molecule has 2 spiro atoms. The van der Waals surface area contributed by atoms with E-state index < -0.39 is 0 Å². The minimum atomic E-state index is -0.0880. The number of hydrogen-bond acceptors (Lipinski definition) is 11. The number of benzene rings is 2. The highest BCUT2D eigenvalue weighted by Crippen LogP contribution is 2.44. The molecule has 47 heavy (non-hydrogen) atoms. The van der Waals surface area contributed by atoms with Crippen LogP contribution in [0.1, 0.15) is 38.5 Å². The fourth-order valence-electron chi connectivity index (χ4n) is 7.89. The minimum Gasteiger partial charge on any atom is -0.386 e. The van der Waals surface area contributed by atoms with E-state index in [-0.39, 0.29) is 11.2 Å². The van der Waals surface area contributed by atoms with E-state index in [2.05, 4.69) is 51.3 Å². The molecule has 2 atom stereocenters. The van der Waals surface area contributed by atoms with Crippen LogP contribution in [0, 0.1) is 11.8 Å². The third-order valence-corrected chi connectivity index (χ3v) is 13.1. The zero-order valence-corrected chi connectivity index (χ0v) is 30.4. The van der Waals surface area contributed by atoms with Crippen LogP contribution in [0.5, 0.6) is 0 Å². The van der Waals surface area contributed by atoms with Gasteiger partial charge in [-0.3, -0.25) is 15.2 Å². The first-order valence-corrected chi connectivity index (χ1v) is 19.2. The lowest BCUT2D eigenvalue weighted by Crippen LogP contribution is -2.59. The molecule has 0 aliphatic carbocycles. The molecule has 2 aromatic heterocycles. The minimum absolute atomic E-state index is 0.0411. The predicted octanol–water partition coefficient (Wildman–Crippen LogP) is 7.22. The van der Waals surface area contributed by atoms with Gasteiger partial charge in [-0.15, -0.1) is 11.3 Å². The van der Waals surface area contributed by atoms with Crippen LogP contribution in [0.25, 0.3) is 20.4 Å². The van der Waals surface area contributed by atoms with Crippen molar-refractivity contribution >= 4 is 99.0 Å². The van der Waals surface area contributed by atoms with E-state index in [1.807, 2.05) is 36.4 Å². The first kappa shape index (κ1) is 32.1. The van der Waals surface area contributed by atoms with Gasteiger partial charge in [0.2, 0.25) is 5.13 Å². The summed E-state index contributed by atoms with van der Waals surface area (Å²) >= 11 is 18.3. The van der Waals surface area contributed by atoms with Gasteiger partial charge in [0, 0.05) is 35.5 Å². The zero-order chi connectivity index (χ0) is 32.2. The van der Waals surface area contributed by atoms with E-state index in [9.17, 15) is 0 Å². The lowest BCUT2D eigenvalue weighted by molar-refractivity contribution is -0.150. The predicted molar refractivity (Wildman–Crippen MR) is 194 cm³/mol. The van der Waals surface area contributed by atoms with Gasteiger partial charge in [0.1, 0.15) is 17.3 Å². The Morgan fingerprint density at radius 2 is 1.45 bits per heavy atom. The summed E-state index contributed by atoms with van der Waals surface area (Å²) in [5.41, 5.74) is 10.5. The second-order valence-corrected chi connectivity index (χ2v) is 17.4. The molecule has 2 aromatic carbocycles. The van der Waals surface area contributed by atoms with E-state index in [0.29, 0.717) is 22.7 Å². The average Bonchev–Trinajstić information content (AvgIpc) is 3.84. The van der Waals surface area contributed by atoms with Crippen molar-refractivity contribution in [1.29, 1.82) is 0 Å². The van der Waals surface area contributed by atoms with Crippen molar-refractivity contribution in [3.05, 3.63) is 50.4 Å². The molecular weight excluding hydrogens is 743 g/mol. The van der Waals surface area contributed by atoms with Crippen LogP contribution in [0.4, 0.5) is 5.13 Å². The van der Waals surface area contributed by atoms with Crippen LogP contribution >= 0.6 is 61.8 Å². The molecule has 7 saturated heterocycles. The summed E-state index contributed by atoms with van der Waals surface area (Å²) in [6, 6.07) is 11.5. The summed E-state index contributed by atoms with van der Waals surface area (Å²) in [7, 11) is 0. The number of amidine groups is 2. The standard InChI is InChI=1S/C16H17ClN4OS.C9H15N3O.C7H3BrClNS/c17-11-1-2-13-12(7-11)18-15(23-13)19-14-8-16(22-20-14)9-21-5-3-10(16)4-6-21;10-8-5-9(13-11-8)6-12-3-1-7(9)2-4-12;8-7-10-5-3-4(9)1-2-6(5)11-7/h1-2,7,10H,3-6,8-9H2,(H,18,19,20);7H,1-6H2,(H2,10,11);1-3H/t16-;;/m0../s1. The molecule has 0 saturated carbocycles. The Morgan fingerprint density at radius 1 is 0.851 bits per heavy atom. The van der Waals surface area contributed by atoms with E-state index in [4.69, 9.17) is 38.6 Å². The summed E-state index contributed by atoms with van der Waals surface area (Å²) < 4.78 is 3.15. The molecule has 12 rings (SSSR count). The molecular formula is C32H35BrCl2N8O2S2. The van der Waals surface area contributed by atoms with Gasteiger partial charge in [-0.1, -0.05) is 39.7 Å². The molecule has 0 radical (unpaired) electrons. The number of hydroxylamine groups is 1. The van der Waals surface area contributed by atoms with Crippen molar-refractivity contribution in [3.8, 4) is 0 Å². The molecule has 15 heteroatoms. The Balaban J connectivity index is 0.000000114. The van der Waals surface area contributed by atoms with Gasteiger partial charge in [0.25, 0.3) is 0 Å². The second kappa shape index (κ2) is 13.0. The van der Waals surface area contributed by atoms with Crippen molar-refractivity contribution < 1.29 is 9.68 Å². The molecule has 4 aromatic rings. The smallest absolute Gasteiger partial charge is 0.211 e. The molecule has 3 N–H and O–H groups in total. The van der Waals surface area contributed by atoms with Crippen LogP contribution in [-0.4, -0.2) is 81.9 Å². The Hall–Kier alpha value is -2.10. The van der Waals surface area contributed by atoms with Gasteiger partial charge >= 0.3 is 0 Å². The molecule has 4 bridgehead atoms. The summed E-state index contributed by atoms with van der Waals surface area (Å²) in [4.78, 5) is 30.0. The van der Waals surface area contributed by atoms with Gasteiger partial charge in [-0.2, -0.15) is 0 Å². The summed E-state index contributed by atoms with van der Waals surface area (Å²) in [5, 5.41) is 6.09. The van der Waals surface area contributed by atoms with Crippen LogP contribution in [0.15, 0.2) is 50.5 Å². The Kier molecular flexibility index (Phi) is 8.87. The average molecular weight is 779 g/mol. The maximum absolute atomic E-state index is 6.03. The summed E-state index contributed by atoms with van der Waals surface area (Å²) in [6.45, 7) is 6.92. The number of fused-ring (bicyclic) bond motifs is 6. The normalized spacial score (nSPS) is 32.7. The van der Waals surface area contributed by atoms with Crippen LogP contribution in [0.3, 0.4) is 0 Å². The van der Waals surface area contributed by atoms with Crippen LogP contribution in [-0.2, 0) is 9.68 Å². The number of nitrogens with one attached hydrogen (secondary N) is 1. The molecule has 7 fully saturated rings. The third kappa shape index (κ3) is 6.62. The molecule has 8 aliphatic rings. The largest absolute Gasteiger partial charge is 0.386 e. The fourth-order valence-corrected chi connectivity index (χ4v) is 10.5. The van der Waals surface area contributed by atoms with E-state index >= 15 is 0 Å². The van der Waals surface area contributed by atoms with Gasteiger partial charge in [0.15, 0.2) is 9.52 Å². The lowest BCUT2D eigenvalue weighted by atomic mass is 9.74. The first-order valence-electron chi connectivity index (χ1n) is 16.0. The number of aliphatic imine (C=N–C) groups is 1. The lowest BCUT2D eigenvalue weighted by Gasteiger charge is -2.49. The number of nitrogens with two attached hydrogens (primary N) is 1. The zero-order valence-electron chi connectivity index (χ0n) is 25.6. The third-order valence-electron chi connectivity index (χ3n) is 10.2. The molecule has 0 amide bonds. The monoisotopic (exact) mass is 776 g/mol. The number of nitrogens with zero attached hydrogens (tertiary/aromatic N) is 6. The Bertz CT molecular complexity index is 1850. The molecule has 248 valence electrons. The summed E-state index contributed by atoms with van der Waals surface area (Å²) in [5.74, 6) is 2.89. The highest BCUT2D eigenvalue weighted by Gasteiger charge is 2.53. The van der Waals surface area contributed by atoms with E-state index in [0.717, 1.165) is 66.3 Å². The van der Waals surface area contributed by atoms with Crippen molar-refractivity contribution in [1.82, 2.24) is 25.2 Å². The summed E-state index contributed by atoms with van der Waals surface area (Å²) in [6.07, 6.45) is 6.66. The number of halogens is 3. The first-order chi connectivity index (χ1) is 22.7. The highest BCUT2D eigenvalue weighted by atomic mass is 79.9. The topological polar surface area (TPSA) is 113 Å². The Labute approximate surface area is 299 Å². The molecule has 1 unspecified atom stereocenters. The molecule has 10 heterocycles. The quantitative estimate of drug-likeness (QED) is 0.208. The van der Waals surface area contributed by atoms with Gasteiger partial charge in [-0.25, -0.2) is 15.0 Å².